The van der Waals surface area contributed by atoms with Crippen molar-refractivity contribution in [2.75, 3.05) is 45.7 Å². The standard InChI is InChI=1S/C19H28ClN3O4/c1-3-27-10-4-7-22-18(24)13-5-8-23(9-6-13)19(25)14-11-15(20)16(21)12-17(14)26-2/h11-13H,3-10,21H2,1-2H3,(H,22,24). The number of nitrogen functional groups attached to an aromatic ring is 1. The molecule has 1 heterocycles. The molecule has 8 heteroatoms. The Morgan fingerprint density at radius 3 is 2.67 bits per heavy atom. The second-order valence-corrected chi connectivity index (χ2v) is 6.89. The zero-order chi connectivity index (χ0) is 19.8. The van der Waals surface area contributed by atoms with Crippen molar-refractivity contribution in [3.05, 3.63) is 22.7 Å². The summed E-state index contributed by atoms with van der Waals surface area (Å²) in [4.78, 5) is 26.8. The van der Waals surface area contributed by atoms with E-state index in [9.17, 15) is 9.59 Å². The Kier molecular flexibility index (Phi) is 8.19. The number of likely N-dealkylation sites (tertiary alicyclic amines) is 1. The summed E-state index contributed by atoms with van der Waals surface area (Å²) in [5, 5.41) is 3.27. The topological polar surface area (TPSA) is 93.9 Å². The molecule has 0 aromatic heterocycles. The summed E-state index contributed by atoms with van der Waals surface area (Å²) in [6.45, 7) is 4.92. The number of methoxy groups -OCH3 is 1. The van der Waals surface area contributed by atoms with Gasteiger partial charge in [-0.1, -0.05) is 11.6 Å². The Bertz CT molecular complexity index is 661. The minimum Gasteiger partial charge on any atom is -0.496 e. The number of benzene rings is 1. The molecule has 0 aliphatic carbocycles. The Morgan fingerprint density at radius 2 is 2.04 bits per heavy atom. The van der Waals surface area contributed by atoms with Crippen LogP contribution in [0.3, 0.4) is 0 Å². The van der Waals surface area contributed by atoms with E-state index in [0.29, 0.717) is 67.7 Å². The highest BCUT2D eigenvalue weighted by Gasteiger charge is 2.29. The first-order valence-corrected chi connectivity index (χ1v) is 9.63. The van der Waals surface area contributed by atoms with E-state index in [1.807, 2.05) is 6.92 Å². The maximum absolute atomic E-state index is 12.8. The molecule has 0 atom stereocenters. The maximum atomic E-state index is 12.8. The summed E-state index contributed by atoms with van der Waals surface area (Å²) in [6.07, 6.45) is 2.07. The van der Waals surface area contributed by atoms with Crippen LogP contribution in [0.4, 0.5) is 5.69 Å². The molecule has 1 aromatic rings. The van der Waals surface area contributed by atoms with E-state index in [0.717, 1.165) is 6.42 Å². The van der Waals surface area contributed by atoms with Gasteiger partial charge in [-0.2, -0.15) is 0 Å². The van der Waals surface area contributed by atoms with Gasteiger partial charge in [0.15, 0.2) is 0 Å². The van der Waals surface area contributed by atoms with Gasteiger partial charge in [-0.3, -0.25) is 9.59 Å². The summed E-state index contributed by atoms with van der Waals surface area (Å²) in [5.41, 5.74) is 6.52. The van der Waals surface area contributed by atoms with Gasteiger partial charge < -0.3 is 25.4 Å². The van der Waals surface area contributed by atoms with Crippen LogP contribution < -0.4 is 15.8 Å². The number of piperidine rings is 1. The lowest BCUT2D eigenvalue weighted by Crippen LogP contribution is -2.43. The van der Waals surface area contributed by atoms with Gasteiger partial charge in [0, 0.05) is 44.8 Å². The molecule has 3 N–H and O–H groups in total. The van der Waals surface area contributed by atoms with Crippen LogP contribution >= 0.6 is 11.6 Å². The molecule has 1 aliphatic heterocycles. The monoisotopic (exact) mass is 397 g/mol. The number of rotatable bonds is 8. The largest absolute Gasteiger partial charge is 0.496 e. The van der Waals surface area contributed by atoms with Crippen molar-refractivity contribution in [2.45, 2.75) is 26.2 Å². The third-order valence-electron chi connectivity index (χ3n) is 4.67. The van der Waals surface area contributed by atoms with Gasteiger partial charge in [0.1, 0.15) is 5.75 Å². The molecule has 0 radical (unpaired) electrons. The predicted molar refractivity (Wildman–Crippen MR) is 105 cm³/mol. The van der Waals surface area contributed by atoms with Crippen LogP contribution in [-0.2, 0) is 9.53 Å². The highest BCUT2D eigenvalue weighted by Crippen LogP contribution is 2.30. The Balaban J connectivity index is 1.87. The molecule has 1 aliphatic rings. The minimum atomic E-state index is -0.163. The van der Waals surface area contributed by atoms with Gasteiger partial charge in [0.25, 0.3) is 5.91 Å². The molecule has 7 nitrogen and oxygen atoms in total. The number of amides is 2. The van der Waals surface area contributed by atoms with Crippen LogP contribution in [0.15, 0.2) is 12.1 Å². The van der Waals surface area contributed by atoms with Crippen molar-refractivity contribution >= 4 is 29.1 Å². The van der Waals surface area contributed by atoms with Gasteiger partial charge in [-0.05, 0) is 32.3 Å². The zero-order valence-corrected chi connectivity index (χ0v) is 16.7. The van der Waals surface area contributed by atoms with Crippen molar-refractivity contribution in [1.29, 1.82) is 0 Å². The summed E-state index contributed by atoms with van der Waals surface area (Å²) in [7, 11) is 1.49. The van der Waals surface area contributed by atoms with Crippen LogP contribution in [0.5, 0.6) is 5.75 Å². The van der Waals surface area contributed by atoms with Crippen molar-refractivity contribution in [1.82, 2.24) is 10.2 Å². The van der Waals surface area contributed by atoms with Gasteiger partial charge in [0.2, 0.25) is 5.91 Å². The van der Waals surface area contributed by atoms with Gasteiger partial charge >= 0.3 is 0 Å². The molecular weight excluding hydrogens is 370 g/mol. The first-order chi connectivity index (χ1) is 13.0. The molecule has 0 saturated carbocycles. The number of carbonyl (C=O) groups excluding carboxylic acids is 2. The Morgan fingerprint density at radius 1 is 1.33 bits per heavy atom. The van der Waals surface area contributed by atoms with Crippen LogP contribution in [-0.4, -0.2) is 56.7 Å². The predicted octanol–water partition coefficient (Wildman–Crippen LogP) is 2.33. The summed E-state index contributed by atoms with van der Waals surface area (Å²) >= 11 is 6.06. The van der Waals surface area contributed by atoms with Crippen molar-refractivity contribution < 1.29 is 19.1 Å². The highest BCUT2D eigenvalue weighted by molar-refractivity contribution is 6.33. The quantitative estimate of drug-likeness (QED) is 0.518. The molecule has 27 heavy (non-hydrogen) atoms. The molecule has 150 valence electrons. The number of ether oxygens (including phenoxy) is 2. The third-order valence-corrected chi connectivity index (χ3v) is 5.00. The van der Waals surface area contributed by atoms with E-state index in [1.165, 1.54) is 13.2 Å². The van der Waals surface area contributed by atoms with Crippen LogP contribution in [0.1, 0.15) is 36.5 Å². The highest BCUT2D eigenvalue weighted by atomic mass is 35.5. The SMILES string of the molecule is CCOCCCNC(=O)C1CCN(C(=O)c2cc(Cl)c(N)cc2OC)CC1. The number of hydrogen-bond acceptors (Lipinski definition) is 5. The minimum absolute atomic E-state index is 0.0479. The number of anilines is 1. The normalized spacial score (nSPS) is 14.9. The lowest BCUT2D eigenvalue weighted by Gasteiger charge is -2.31. The molecule has 1 saturated heterocycles. The average Bonchev–Trinajstić information content (AvgIpc) is 2.69. The fourth-order valence-corrected chi connectivity index (χ4v) is 3.26. The number of nitrogens with zero attached hydrogens (tertiary/aromatic N) is 1. The molecule has 2 rings (SSSR count). The molecule has 0 bridgehead atoms. The smallest absolute Gasteiger partial charge is 0.257 e. The lowest BCUT2D eigenvalue weighted by atomic mass is 9.95. The van der Waals surface area contributed by atoms with Crippen molar-refractivity contribution in [3.63, 3.8) is 0 Å². The first-order valence-electron chi connectivity index (χ1n) is 9.25. The second-order valence-electron chi connectivity index (χ2n) is 6.48. The fraction of sp³-hybridized carbons (Fsp3) is 0.579. The van der Waals surface area contributed by atoms with E-state index in [1.54, 1.807) is 11.0 Å². The molecule has 1 aromatic carbocycles. The summed E-state index contributed by atoms with van der Waals surface area (Å²) in [6, 6.07) is 3.09. The average molecular weight is 398 g/mol. The summed E-state index contributed by atoms with van der Waals surface area (Å²) < 4.78 is 10.5. The Labute approximate surface area is 165 Å². The van der Waals surface area contributed by atoms with E-state index < -0.39 is 0 Å². The van der Waals surface area contributed by atoms with Crippen LogP contribution in [0, 0.1) is 5.92 Å². The number of nitrogens with one attached hydrogen (secondary N) is 1. The van der Waals surface area contributed by atoms with E-state index in [2.05, 4.69) is 5.32 Å². The van der Waals surface area contributed by atoms with E-state index in [4.69, 9.17) is 26.8 Å². The summed E-state index contributed by atoms with van der Waals surface area (Å²) in [5.74, 6) is 0.213. The lowest BCUT2D eigenvalue weighted by molar-refractivity contribution is -0.126. The van der Waals surface area contributed by atoms with Crippen LogP contribution in [0.2, 0.25) is 5.02 Å². The van der Waals surface area contributed by atoms with Crippen molar-refractivity contribution in [2.24, 2.45) is 5.92 Å². The van der Waals surface area contributed by atoms with Crippen LogP contribution in [0.25, 0.3) is 0 Å². The number of nitrogens with two attached hydrogens (primary N) is 1. The Hall–Kier alpha value is -1.99. The number of carbonyl (C=O) groups is 2. The van der Waals surface area contributed by atoms with Crippen molar-refractivity contribution in [3.8, 4) is 5.75 Å². The van der Waals surface area contributed by atoms with Gasteiger partial charge in [-0.25, -0.2) is 0 Å². The van der Waals surface area contributed by atoms with E-state index >= 15 is 0 Å². The molecule has 0 spiro atoms. The van der Waals surface area contributed by atoms with E-state index in [-0.39, 0.29) is 17.7 Å². The second kappa shape index (κ2) is 10.4. The molecular formula is C19H28ClN3O4. The number of halogens is 1. The third kappa shape index (κ3) is 5.74. The van der Waals surface area contributed by atoms with Gasteiger partial charge in [0.05, 0.1) is 23.4 Å². The first kappa shape index (κ1) is 21.3. The molecule has 0 unspecified atom stereocenters. The molecule has 1 fully saturated rings. The zero-order valence-electron chi connectivity index (χ0n) is 15.9. The number of hydrogen-bond donors (Lipinski definition) is 2. The maximum Gasteiger partial charge on any atom is 0.257 e. The molecule has 2 amide bonds. The fourth-order valence-electron chi connectivity index (χ4n) is 3.09. The van der Waals surface area contributed by atoms with Gasteiger partial charge in [-0.15, -0.1) is 0 Å².